The van der Waals surface area contributed by atoms with E-state index in [9.17, 15) is 0 Å². The molecule has 2 nitrogen and oxygen atoms in total. The molecule has 2 aliphatic rings. The van der Waals surface area contributed by atoms with Crippen LogP contribution in [0.2, 0.25) is 0 Å². The number of hydrogen-bond donors (Lipinski definition) is 1. The summed E-state index contributed by atoms with van der Waals surface area (Å²) in [5, 5.41) is 3.79. The molecule has 0 spiro atoms. The minimum Gasteiger partial charge on any atom is -0.375 e. The molecule has 3 atom stereocenters. The molecule has 17 heavy (non-hydrogen) atoms. The normalized spacial score (nSPS) is 37.9. The van der Waals surface area contributed by atoms with Gasteiger partial charge in [0, 0.05) is 12.6 Å². The van der Waals surface area contributed by atoms with E-state index >= 15 is 0 Å². The van der Waals surface area contributed by atoms with Crippen molar-refractivity contribution in [2.45, 2.75) is 70.9 Å². The standard InChI is InChI=1S/C15H29NO/c1-12-5-4-6-13(9-12)11-16-14-7-8-17-15(2,3)10-14/h12-14,16H,4-11H2,1-3H3. The molecule has 1 aliphatic heterocycles. The number of hydrogen-bond acceptors (Lipinski definition) is 2. The summed E-state index contributed by atoms with van der Waals surface area (Å²) < 4.78 is 5.76. The first-order chi connectivity index (χ1) is 8.05. The number of nitrogens with one attached hydrogen (secondary N) is 1. The van der Waals surface area contributed by atoms with Crippen molar-refractivity contribution in [1.29, 1.82) is 0 Å². The Morgan fingerprint density at radius 2 is 2.06 bits per heavy atom. The highest BCUT2D eigenvalue weighted by atomic mass is 16.5. The first-order valence-corrected chi connectivity index (χ1v) is 7.42. The molecule has 0 radical (unpaired) electrons. The fourth-order valence-corrected chi connectivity index (χ4v) is 3.48. The van der Waals surface area contributed by atoms with Crippen molar-refractivity contribution in [3.8, 4) is 0 Å². The van der Waals surface area contributed by atoms with Gasteiger partial charge in [-0.05, 0) is 57.9 Å². The van der Waals surface area contributed by atoms with Gasteiger partial charge in [-0.2, -0.15) is 0 Å². The average molecular weight is 239 g/mol. The highest BCUT2D eigenvalue weighted by Gasteiger charge is 2.29. The Kier molecular flexibility index (Phi) is 4.48. The van der Waals surface area contributed by atoms with E-state index in [-0.39, 0.29) is 5.60 Å². The summed E-state index contributed by atoms with van der Waals surface area (Å²) in [6.45, 7) is 8.98. The number of rotatable bonds is 3. The molecule has 1 aliphatic carbocycles. The Hall–Kier alpha value is -0.0800. The zero-order valence-electron chi connectivity index (χ0n) is 11.8. The predicted molar refractivity (Wildman–Crippen MR) is 72.2 cm³/mol. The summed E-state index contributed by atoms with van der Waals surface area (Å²) in [6.07, 6.45) is 8.10. The maximum atomic E-state index is 5.76. The van der Waals surface area contributed by atoms with Crippen LogP contribution in [0.5, 0.6) is 0 Å². The maximum Gasteiger partial charge on any atom is 0.0641 e. The zero-order chi connectivity index (χ0) is 12.3. The van der Waals surface area contributed by atoms with Gasteiger partial charge in [0.1, 0.15) is 0 Å². The van der Waals surface area contributed by atoms with Gasteiger partial charge >= 0.3 is 0 Å². The van der Waals surface area contributed by atoms with Crippen LogP contribution in [0, 0.1) is 11.8 Å². The predicted octanol–water partition coefficient (Wildman–Crippen LogP) is 3.36. The topological polar surface area (TPSA) is 21.3 Å². The van der Waals surface area contributed by atoms with Crippen molar-refractivity contribution in [3.63, 3.8) is 0 Å². The molecule has 0 aromatic heterocycles. The fourth-order valence-electron chi connectivity index (χ4n) is 3.48. The second-order valence-corrected chi connectivity index (χ2v) is 6.84. The van der Waals surface area contributed by atoms with Crippen molar-refractivity contribution in [2.75, 3.05) is 13.2 Å². The molecule has 1 heterocycles. The highest BCUT2D eigenvalue weighted by Crippen LogP contribution is 2.29. The maximum absolute atomic E-state index is 5.76. The van der Waals surface area contributed by atoms with E-state index in [1.54, 1.807) is 0 Å². The van der Waals surface area contributed by atoms with Crippen LogP contribution in [0.15, 0.2) is 0 Å². The Bertz CT molecular complexity index is 239. The van der Waals surface area contributed by atoms with Gasteiger partial charge in [-0.1, -0.05) is 19.8 Å². The first kappa shape index (κ1) is 13.4. The summed E-state index contributed by atoms with van der Waals surface area (Å²) in [5.74, 6) is 1.87. The zero-order valence-corrected chi connectivity index (χ0v) is 11.8. The Morgan fingerprint density at radius 3 is 2.76 bits per heavy atom. The average Bonchev–Trinajstić information content (AvgIpc) is 2.25. The second kappa shape index (κ2) is 5.71. The van der Waals surface area contributed by atoms with Crippen LogP contribution in [0.3, 0.4) is 0 Å². The molecule has 2 rings (SSSR count). The van der Waals surface area contributed by atoms with Gasteiger partial charge in [-0.25, -0.2) is 0 Å². The summed E-state index contributed by atoms with van der Waals surface area (Å²) in [6, 6.07) is 0.677. The third-order valence-corrected chi connectivity index (χ3v) is 4.44. The monoisotopic (exact) mass is 239 g/mol. The van der Waals surface area contributed by atoms with Crippen LogP contribution >= 0.6 is 0 Å². The van der Waals surface area contributed by atoms with E-state index in [1.165, 1.54) is 38.6 Å². The third-order valence-electron chi connectivity index (χ3n) is 4.44. The van der Waals surface area contributed by atoms with Crippen molar-refractivity contribution >= 4 is 0 Å². The van der Waals surface area contributed by atoms with E-state index in [2.05, 4.69) is 26.1 Å². The highest BCUT2D eigenvalue weighted by molar-refractivity contribution is 4.84. The molecule has 0 aromatic rings. The molecule has 3 unspecified atom stereocenters. The molecule has 1 saturated carbocycles. The van der Waals surface area contributed by atoms with E-state index in [1.807, 2.05) is 0 Å². The van der Waals surface area contributed by atoms with E-state index in [0.717, 1.165) is 24.9 Å². The lowest BCUT2D eigenvalue weighted by molar-refractivity contribution is -0.0633. The molecule has 1 saturated heterocycles. The van der Waals surface area contributed by atoms with Crippen molar-refractivity contribution in [1.82, 2.24) is 5.32 Å². The quantitative estimate of drug-likeness (QED) is 0.815. The smallest absolute Gasteiger partial charge is 0.0641 e. The molecule has 2 fully saturated rings. The second-order valence-electron chi connectivity index (χ2n) is 6.84. The minimum absolute atomic E-state index is 0.0791. The minimum atomic E-state index is 0.0791. The van der Waals surface area contributed by atoms with E-state index in [4.69, 9.17) is 4.74 Å². The molecular formula is C15H29NO. The van der Waals surface area contributed by atoms with Crippen LogP contribution in [0.25, 0.3) is 0 Å². The molecule has 0 amide bonds. The fraction of sp³-hybridized carbons (Fsp3) is 1.00. The van der Waals surface area contributed by atoms with Crippen LogP contribution in [0.1, 0.15) is 59.3 Å². The Balaban J connectivity index is 1.70. The molecule has 2 heteroatoms. The van der Waals surface area contributed by atoms with Gasteiger partial charge in [0.05, 0.1) is 5.60 Å². The van der Waals surface area contributed by atoms with E-state index in [0.29, 0.717) is 6.04 Å². The lowest BCUT2D eigenvalue weighted by Crippen LogP contribution is -2.45. The Labute approximate surface area is 107 Å². The summed E-state index contributed by atoms with van der Waals surface area (Å²) in [5.41, 5.74) is 0.0791. The molecule has 0 bridgehead atoms. The SMILES string of the molecule is CC1CCCC(CNC2CCOC(C)(C)C2)C1. The lowest BCUT2D eigenvalue weighted by atomic mass is 9.82. The summed E-state index contributed by atoms with van der Waals surface area (Å²) in [7, 11) is 0. The van der Waals surface area contributed by atoms with Gasteiger partial charge in [-0.3, -0.25) is 0 Å². The molecule has 100 valence electrons. The third kappa shape index (κ3) is 4.26. The van der Waals surface area contributed by atoms with Crippen molar-refractivity contribution < 1.29 is 4.74 Å². The molecule has 0 aromatic carbocycles. The molecule has 1 N–H and O–H groups in total. The van der Waals surface area contributed by atoms with E-state index < -0.39 is 0 Å². The Morgan fingerprint density at radius 1 is 1.24 bits per heavy atom. The van der Waals surface area contributed by atoms with Gasteiger partial charge in [-0.15, -0.1) is 0 Å². The van der Waals surface area contributed by atoms with Crippen LogP contribution in [-0.4, -0.2) is 24.8 Å². The van der Waals surface area contributed by atoms with Gasteiger partial charge < -0.3 is 10.1 Å². The molecular weight excluding hydrogens is 210 g/mol. The van der Waals surface area contributed by atoms with Crippen molar-refractivity contribution in [3.05, 3.63) is 0 Å². The lowest BCUT2D eigenvalue weighted by Gasteiger charge is -2.37. The van der Waals surface area contributed by atoms with Crippen molar-refractivity contribution in [2.24, 2.45) is 11.8 Å². The van der Waals surface area contributed by atoms with Crippen LogP contribution < -0.4 is 5.32 Å². The van der Waals surface area contributed by atoms with Gasteiger partial charge in [0.25, 0.3) is 0 Å². The van der Waals surface area contributed by atoms with Crippen LogP contribution in [0.4, 0.5) is 0 Å². The summed E-state index contributed by atoms with van der Waals surface area (Å²) in [4.78, 5) is 0. The largest absolute Gasteiger partial charge is 0.375 e. The first-order valence-electron chi connectivity index (χ1n) is 7.42. The van der Waals surface area contributed by atoms with Crippen LogP contribution in [-0.2, 0) is 4.74 Å². The van der Waals surface area contributed by atoms with Gasteiger partial charge in [0.2, 0.25) is 0 Å². The number of ether oxygens (including phenoxy) is 1. The summed E-state index contributed by atoms with van der Waals surface area (Å²) >= 11 is 0. The van der Waals surface area contributed by atoms with Gasteiger partial charge in [0.15, 0.2) is 0 Å².